The van der Waals surface area contributed by atoms with Gasteiger partial charge in [0.25, 0.3) is 5.56 Å². The van der Waals surface area contributed by atoms with E-state index in [1.807, 2.05) is 6.07 Å². The SMILES string of the molecule is O=C(NCCn1ccc2ccoc2c1=O)NC1CCCC1. The first-order valence-electron chi connectivity index (χ1n) is 7.35. The maximum absolute atomic E-state index is 12.1. The summed E-state index contributed by atoms with van der Waals surface area (Å²) in [6.45, 7) is 0.832. The van der Waals surface area contributed by atoms with E-state index >= 15 is 0 Å². The van der Waals surface area contributed by atoms with Crippen LogP contribution < -0.4 is 16.2 Å². The van der Waals surface area contributed by atoms with E-state index in [1.54, 1.807) is 16.8 Å². The molecule has 21 heavy (non-hydrogen) atoms. The van der Waals surface area contributed by atoms with E-state index in [-0.39, 0.29) is 11.6 Å². The van der Waals surface area contributed by atoms with Crippen molar-refractivity contribution < 1.29 is 9.21 Å². The summed E-state index contributed by atoms with van der Waals surface area (Å²) < 4.78 is 6.72. The zero-order valence-electron chi connectivity index (χ0n) is 11.8. The highest BCUT2D eigenvalue weighted by atomic mass is 16.3. The van der Waals surface area contributed by atoms with Crippen molar-refractivity contribution in [1.82, 2.24) is 15.2 Å². The van der Waals surface area contributed by atoms with Crippen LogP contribution in [0.4, 0.5) is 4.79 Å². The number of carbonyl (C=O) groups is 1. The van der Waals surface area contributed by atoms with Gasteiger partial charge in [-0.05, 0) is 25.0 Å². The summed E-state index contributed by atoms with van der Waals surface area (Å²) in [6.07, 6.45) is 7.71. The summed E-state index contributed by atoms with van der Waals surface area (Å²) in [4.78, 5) is 23.8. The Hall–Kier alpha value is -2.24. The first kappa shape index (κ1) is 13.7. The molecule has 0 atom stereocenters. The molecule has 1 aliphatic rings. The van der Waals surface area contributed by atoms with E-state index in [4.69, 9.17) is 4.42 Å². The normalized spacial score (nSPS) is 15.4. The average Bonchev–Trinajstić information content (AvgIpc) is 3.12. The fraction of sp³-hybridized carbons (Fsp3) is 0.467. The third-order valence-electron chi connectivity index (χ3n) is 3.91. The quantitative estimate of drug-likeness (QED) is 0.901. The number of hydrogen-bond donors (Lipinski definition) is 2. The summed E-state index contributed by atoms with van der Waals surface area (Å²) in [5.74, 6) is 0. The molecule has 0 bridgehead atoms. The molecule has 6 nitrogen and oxygen atoms in total. The predicted molar refractivity (Wildman–Crippen MR) is 79.3 cm³/mol. The molecule has 1 aliphatic carbocycles. The molecule has 2 aromatic rings. The zero-order chi connectivity index (χ0) is 14.7. The predicted octanol–water partition coefficient (Wildman–Crippen LogP) is 1.84. The van der Waals surface area contributed by atoms with Crippen molar-refractivity contribution in [2.24, 2.45) is 0 Å². The van der Waals surface area contributed by atoms with Crippen molar-refractivity contribution in [1.29, 1.82) is 0 Å². The molecule has 0 aromatic carbocycles. The van der Waals surface area contributed by atoms with Crippen molar-refractivity contribution in [2.45, 2.75) is 38.3 Å². The molecule has 112 valence electrons. The maximum atomic E-state index is 12.1. The number of nitrogens with zero attached hydrogens (tertiary/aromatic N) is 1. The fourth-order valence-electron chi connectivity index (χ4n) is 2.77. The number of hydrogen-bond acceptors (Lipinski definition) is 3. The molecule has 0 saturated heterocycles. The van der Waals surface area contributed by atoms with Crippen molar-refractivity contribution >= 4 is 17.0 Å². The molecule has 3 rings (SSSR count). The zero-order valence-corrected chi connectivity index (χ0v) is 11.8. The van der Waals surface area contributed by atoms with Crippen LogP contribution in [0.3, 0.4) is 0 Å². The van der Waals surface area contributed by atoms with Gasteiger partial charge in [0, 0.05) is 30.7 Å². The molecule has 2 aromatic heterocycles. The average molecular weight is 289 g/mol. The monoisotopic (exact) mass is 289 g/mol. The smallest absolute Gasteiger partial charge is 0.315 e. The molecule has 2 amide bonds. The van der Waals surface area contributed by atoms with Crippen molar-refractivity contribution in [3.8, 4) is 0 Å². The minimum atomic E-state index is -0.171. The van der Waals surface area contributed by atoms with Crippen LogP contribution in [-0.4, -0.2) is 23.2 Å². The van der Waals surface area contributed by atoms with Gasteiger partial charge in [-0.1, -0.05) is 12.8 Å². The van der Waals surface area contributed by atoms with Gasteiger partial charge in [0.05, 0.1) is 6.26 Å². The lowest BCUT2D eigenvalue weighted by Crippen LogP contribution is -2.42. The van der Waals surface area contributed by atoms with Gasteiger partial charge in [-0.3, -0.25) is 4.79 Å². The number of urea groups is 1. The largest absolute Gasteiger partial charge is 0.459 e. The van der Waals surface area contributed by atoms with Crippen LogP contribution in [-0.2, 0) is 6.54 Å². The molecule has 1 fully saturated rings. The second kappa shape index (κ2) is 6.03. The molecule has 2 heterocycles. The number of rotatable bonds is 4. The summed E-state index contributed by atoms with van der Waals surface area (Å²) >= 11 is 0. The van der Waals surface area contributed by atoms with Crippen LogP contribution in [0.25, 0.3) is 11.0 Å². The van der Waals surface area contributed by atoms with E-state index in [1.165, 1.54) is 19.1 Å². The van der Waals surface area contributed by atoms with Crippen LogP contribution in [0.2, 0.25) is 0 Å². The minimum Gasteiger partial charge on any atom is -0.459 e. The molecule has 2 N–H and O–H groups in total. The number of pyridine rings is 1. The Morgan fingerprint density at radius 3 is 2.95 bits per heavy atom. The number of furan rings is 1. The lowest BCUT2D eigenvalue weighted by atomic mass is 10.2. The Morgan fingerprint density at radius 1 is 1.33 bits per heavy atom. The molecular weight excluding hydrogens is 270 g/mol. The molecule has 0 aliphatic heterocycles. The van der Waals surface area contributed by atoms with Gasteiger partial charge in [-0.25, -0.2) is 4.79 Å². The van der Waals surface area contributed by atoms with Crippen LogP contribution in [0.15, 0.2) is 33.8 Å². The topological polar surface area (TPSA) is 76.3 Å². The van der Waals surface area contributed by atoms with Crippen LogP contribution >= 0.6 is 0 Å². The molecule has 1 saturated carbocycles. The molecule has 0 unspecified atom stereocenters. The van der Waals surface area contributed by atoms with E-state index in [2.05, 4.69) is 10.6 Å². The van der Waals surface area contributed by atoms with Crippen molar-refractivity contribution in [3.05, 3.63) is 34.9 Å². The summed E-state index contributed by atoms with van der Waals surface area (Å²) in [7, 11) is 0. The van der Waals surface area contributed by atoms with Gasteiger partial charge >= 0.3 is 6.03 Å². The van der Waals surface area contributed by atoms with Crippen LogP contribution in [0.5, 0.6) is 0 Å². The van der Waals surface area contributed by atoms with E-state index < -0.39 is 0 Å². The van der Waals surface area contributed by atoms with E-state index in [0.717, 1.165) is 18.2 Å². The highest BCUT2D eigenvalue weighted by molar-refractivity contribution is 5.75. The minimum absolute atomic E-state index is 0.158. The summed E-state index contributed by atoms with van der Waals surface area (Å²) in [5, 5.41) is 6.53. The van der Waals surface area contributed by atoms with Gasteiger partial charge in [-0.15, -0.1) is 0 Å². The highest BCUT2D eigenvalue weighted by Crippen LogP contribution is 2.17. The van der Waals surface area contributed by atoms with Crippen LogP contribution in [0, 0.1) is 0 Å². The van der Waals surface area contributed by atoms with Crippen molar-refractivity contribution in [3.63, 3.8) is 0 Å². The Kier molecular flexibility index (Phi) is 3.94. The van der Waals surface area contributed by atoms with Gasteiger partial charge in [-0.2, -0.15) is 0 Å². The number of nitrogens with one attached hydrogen (secondary N) is 2. The number of amides is 2. The van der Waals surface area contributed by atoms with Gasteiger partial charge in [0.15, 0.2) is 5.58 Å². The Bertz CT molecular complexity index is 683. The van der Waals surface area contributed by atoms with Gasteiger partial charge < -0.3 is 19.6 Å². The molecular formula is C15H19N3O3. The number of fused-ring (bicyclic) bond motifs is 1. The Labute approximate surface area is 122 Å². The third-order valence-corrected chi connectivity index (χ3v) is 3.91. The fourth-order valence-corrected chi connectivity index (χ4v) is 2.77. The molecule has 6 heteroatoms. The van der Waals surface area contributed by atoms with E-state index in [0.29, 0.717) is 24.7 Å². The van der Waals surface area contributed by atoms with Crippen LogP contribution in [0.1, 0.15) is 25.7 Å². The van der Waals surface area contributed by atoms with Crippen molar-refractivity contribution in [2.75, 3.05) is 6.54 Å². The van der Waals surface area contributed by atoms with Gasteiger partial charge in [0.1, 0.15) is 0 Å². The molecule has 0 radical (unpaired) electrons. The third kappa shape index (κ3) is 3.09. The first-order valence-corrected chi connectivity index (χ1v) is 7.35. The summed E-state index contributed by atoms with van der Waals surface area (Å²) in [6, 6.07) is 3.73. The second-order valence-corrected chi connectivity index (χ2v) is 5.40. The van der Waals surface area contributed by atoms with Gasteiger partial charge in [0.2, 0.25) is 0 Å². The number of aromatic nitrogens is 1. The first-order chi connectivity index (χ1) is 10.2. The maximum Gasteiger partial charge on any atom is 0.315 e. The number of carbonyl (C=O) groups excluding carboxylic acids is 1. The van der Waals surface area contributed by atoms with E-state index in [9.17, 15) is 9.59 Å². The Balaban J connectivity index is 1.53. The summed E-state index contributed by atoms with van der Waals surface area (Å²) in [5.41, 5.74) is 0.184. The lowest BCUT2D eigenvalue weighted by Gasteiger charge is -2.13. The lowest BCUT2D eigenvalue weighted by molar-refractivity contribution is 0.236. The highest BCUT2D eigenvalue weighted by Gasteiger charge is 2.16. The molecule has 0 spiro atoms. The standard InChI is InChI=1S/C15H19N3O3/c19-14-13-11(6-10-21-13)5-8-18(14)9-7-16-15(20)17-12-3-1-2-4-12/h5-6,8,10,12H,1-4,7,9H2,(H2,16,17,20). The second-order valence-electron chi connectivity index (χ2n) is 5.40. The Morgan fingerprint density at radius 2 is 2.14 bits per heavy atom.